The molecule has 2 aliphatic rings. The summed E-state index contributed by atoms with van der Waals surface area (Å²) in [4.78, 5) is 28.7. The van der Waals surface area contributed by atoms with Gasteiger partial charge in [0.2, 0.25) is 5.91 Å². The van der Waals surface area contributed by atoms with Gasteiger partial charge in [-0.1, -0.05) is 18.2 Å². The van der Waals surface area contributed by atoms with Gasteiger partial charge in [0.15, 0.2) is 0 Å². The smallest absolute Gasteiger partial charge is 0.251 e. The van der Waals surface area contributed by atoms with Gasteiger partial charge in [-0.25, -0.2) is 0 Å². The average molecular weight is 374 g/mol. The number of ether oxygens (including phenoxy) is 2. The highest BCUT2D eigenvalue weighted by molar-refractivity contribution is 5.81. The Bertz CT molecular complexity index is 643. The average Bonchev–Trinajstić information content (AvgIpc) is 3.10. The predicted molar refractivity (Wildman–Crippen MR) is 103 cm³/mol. The summed E-state index contributed by atoms with van der Waals surface area (Å²) in [7, 11) is 0. The first-order chi connectivity index (χ1) is 13.1. The van der Waals surface area contributed by atoms with E-state index in [4.69, 9.17) is 9.47 Å². The van der Waals surface area contributed by atoms with Crippen LogP contribution in [0.4, 0.5) is 0 Å². The van der Waals surface area contributed by atoms with Crippen LogP contribution >= 0.6 is 0 Å². The van der Waals surface area contributed by atoms with Gasteiger partial charge >= 0.3 is 0 Å². The lowest BCUT2D eigenvalue weighted by Crippen LogP contribution is -2.41. The maximum Gasteiger partial charge on any atom is 0.251 e. The largest absolute Gasteiger partial charge is 0.493 e. The molecule has 148 valence electrons. The Morgan fingerprint density at radius 2 is 1.89 bits per heavy atom. The molecule has 1 aromatic rings. The van der Waals surface area contributed by atoms with Gasteiger partial charge < -0.3 is 19.3 Å². The molecule has 0 spiro atoms. The van der Waals surface area contributed by atoms with Crippen LogP contribution in [0.5, 0.6) is 5.75 Å². The van der Waals surface area contributed by atoms with Crippen molar-refractivity contribution < 1.29 is 19.1 Å². The molecule has 2 amide bonds. The zero-order valence-corrected chi connectivity index (χ0v) is 16.2. The van der Waals surface area contributed by atoms with E-state index in [0.29, 0.717) is 52.2 Å². The molecule has 2 heterocycles. The van der Waals surface area contributed by atoms with E-state index in [1.807, 2.05) is 41.0 Å². The Labute approximate surface area is 161 Å². The number of carbonyl (C=O) groups is 2. The molecule has 0 radical (unpaired) electrons. The summed E-state index contributed by atoms with van der Waals surface area (Å²) in [6, 6.07) is 7.90. The highest BCUT2D eigenvalue weighted by atomic mass is 16.5. The first-order valence-corrected chi connectivity index (χ1v) is 10.0. The zero-order valence-electron chi connectivity index (χ0n) is 16.2. The van der Waals surface area contributed by atoms with Crippen LogP contribution in [0.3, 0.4) is 0 Å². The van der Waals surface area contributed by atoms with Crippen molar-refractivity contribution in [3.63, 3.8) is 0 Å². The SMILES string of the molecule is Cc1ccccc1OCCCC(=O)N1CCCN(C(=O)C2CCCO2)CC1. The second kappa shape index (κ2) is 9.74. The minimum Gasteiger partial charge on any atom is -0.493 e. The molecule has 2 fully saturated rings. The summed E-state index contributed by atoms with van der Waals surface area (Å²) in [5.74, 6) is 1.12. The van der Waals surface area contributed by atoms with Crippen molar-refractivity contribution in [3.8, 4) is 5.75 Å². The number of rotatable bonds is 6. The van der Waals surface area contributed by atoms with Gasteiger partial charge in [-0.05, 0) is 44.2 Å². The van der Waals surface area contributed by atoms with Crippen LogP contribution in [0.25, 0.3) is 0 Å². The second-order valence-corrected chi connectivity index (χ2v) is 7.28. The molecule has 6 nitrogen and oxygen atoms in total. The van der Waals surface area contributed by atoms with E-state index in [0.717, 1.165) is 30.6 Å². The zero-order chi connectivity index (χ0) is 19.1. The summed E-state index contributed by atoms with van der Waals surface area (Å²) in [6.45, 7) is 5.86. The van der Waals surface area contributed by atoms with Gasteiger partial charge in [0.05, 0.1) is 6.61 Å². The number of carbonyl (C=O) groups excluding carboxylic acids is 2. The van der Waals surface area contributed by atoms with Crippen molar-refractivity contribution in [1.29, 1.82) is 0 Å². The van der Waals surface area contributed by atoms with Crippen LogP contribution < -0.4 is 4.74 Å². The van der Waals surface area contributed by atoms with E-state index in [1.54, 1.807) is 0 Å². The van der Waals surface area contributed by atoms with Crippen molar-refractivity contribution in [1.82, 2.24) is 9.80 Å². The summed E-state index contributed by atoms with van der Waals surface area (Å²) in [5.41, 5.74) is 1.10. The number of hydrogen-bond acceptors (Lipinski definition) is 4. The molecule has 0 saturated carbocycles. The molecule has 1 aromatic carbocycles. The lowest BCUT2D eigenvalue weighted by molar-refractivity contribution is -0.141. The fourth-order valence-corrected chi connectivity index (χ4v) is 3.65. The summed E-state index contributed by atoms with van der Waals surface area (Å²) >= 11 is 0. The Hall–Kier alpha value is -2.08. The maximum absolute atomic E-state index is 12.5. The van der Waals surface area contributed by atoms with Crippen molar-refractivity contribution in [2.45, 2.75) is 45.1 Å². The molecule has 0 bridgehead atoms. The minimum absolute atomic E-state index is 0.0911. The molecule has 0 N–H and O–H groups in total. The fraction of sp³-hybridized carbons (Fsp3) is 0.619. The van der Waals surface area contributed by atoms with Gasteiger partial charge in [0, 0.05) is 39.2 Å². The number of amides is 2. The van der Waals surface area contributed by atoms with Crippen LogP contribution in [0.2, 0.25) is 0 Å². The Balaban J connectivity index is 1.38. The van der Waals surface area contributed by atoms with Crippen LogP contribution in [-0.2, 0) is 14.3 Å². The lowest BCUT2D eigenvalue weighted by Gasteiger charge is -2.24. The molecule has 27 heavy (non-hydrogen) atoms. The second-order valence-electron chi connectivity index (χ2n) is 7.28. The summed E-state index contributed by atoms with van der Waals surface area (Å²) in [5, 5.41) is 0. The number of nitrogens with zero attached hydrogens (tertiary/aromatic N) is 2. The molecule has 0 aliphatic carbocycles. The van der Waals surface area contributed by atoms with Gasteiger partial charge in [-0.2, -0.15) is 0 Å². The summed E-state index contributed by atoms with van der Waals surface area (Å²) < 4.78 is 11.3. The van der Waals surface area contributed by atoms with E-state index in [2.05, 4.69) is 0 Å². The molecular weight excluding hydrogens is 344 g/mol. The van der Waals surface area contributed by atoms with Gasteiger partial charge in [0.25, 0.3) is 5.91 Å². The molecule has 1 unspecified atom stereocenters. The van der Waals surface area contributed by atoms with Crippen molar-refractivity contribution >= 4 is 11.8 Å². The number of aryl methyl sites for hydroxylation is 1. The quantitative estimate of drug-likeness (QED) is 0.718. The van der Waals surface area contributed by atoms with Gasteiger partial charge in [-0.15, -0.1) is 0 Å². The third-order valence-electron chi connectivity index (χ3n) is 5.25. The first kappa shape index (κ1) is 19.7. The predicted octanol–water partition coefficient (Wildman–Crippen LogP) is 2.39. The van der Waals surface area contributed by atoms with E-state index in [-0.39, 0.29) is 17.9 Å². The Morgan fingerprint density at radius 3 is 2.67 bits per heavy atom. The van der Waals surface area contributed by atoms with E-state index < -0.39 is 0 Å². The molecule has 0 aromatic heterocycles. The van der Waals surface area contributed by atoms with E-state index >= 15 is 0 Å². The molecule has 6 heteroatoms. The van der Waals surface area contributed by atoms with Crippen molar-refractivity contribution in [2.24, 2.45) is 0 Å². The van der Waals surface area contributed by atoms with Crippen LogP contribution in [0.15, 0.2) is 24.3 Å². The number of benzene rings is 1. The van der Waals surface area contributed by atoms with Gasteiger partial charge in [-0.3, -0.25) is 9.59 Å². The van der Waals surface area contributed by atoms with Crippen molar-refractivity contribution in [2.75, 3.05) is 39.4 Å². The third kappa shape index (κ3) is 5.45. The lowest BCUT2D eigenvalue weighted by atomic mass is 10.2. The topological polar surface area (TPSA) is 59.1 Å². The normalized spacial score (nSPS) is 20.4. The first-order valence-electron chi connectivity index (χ1n) is 10.0. The fourth-order valence-electron chi connectivity index (χ4n) is 3.65. The van der Waals surface area contributed by atoms with E-state index in [1.165, 1.54) is 0 Å². The maximum atomic E-state index is 12.5. The Kier molecular flexibility index (Phi) is 7.10. The number of hydrogen-bond donors (Lipinski definition) is 0. The Morgan fingerprint density at radius 1 is 1.11 bits per heavy atom. The molecular formula is C21H30N2O4. The molecule has 1 atom stereocenters. The molecule has 2 aliphatic heterocycles. The monoisotopic (exact) mass is 374 g/mol. The third-order valence-corrected chi connectivity index (χ3v) is 5.25. The van der Waals surface area contributed by atoms with Gasteiger partial charge in [0.1, 0.15) is 11.9 Å². The van der Waals surface area contributed by atoms with Crippen LogP contribution in [0, 0.1) is 6.92 Å². The minimum atomic E-state index is -0.272. The standard InChI is InChI=1S/C21H30N2O4/c1-17-7-2-3-8-18(17)26-16-5-10-20(24)22-11-6-12-23(14-13-22)21(25)19-9-4-15-27-19/h2-3,7-8,19H,4-6,9-16H2,1H3. The van der Waals surface area contributed by atoms with Crippen molar-refractivity contribution in [3.05, 3.63) is 29.8 Å². The highest BCUT2D eigenvalue weighted by Gasteiger charge is 2.29. The molecule has 2 saturated heterocycles. The number of para-hydroxylation sites is 1. The van der Waals surface area contributed by atoms with E-state index in [9.17, 15) is 9.59 Å². The van der Waals surface area contributed by atoms with Crippen LogP contribution in [0.1, 0.15) is 37.7 Å². The summed E-state index contributed by atoms with van der Waals surface area (Å²) in [6.07, 6.45) is 3.50. The van der Waals surface area contributed by atoms with Crippen LogP contribution in [-0.4, -0.2) is 67.1 Å². The molecule has 3 rings (SSSR count). The highest BCUT2D eigenvalue weighted by Crippen LogP contribution is 2.18.